The minimum absolute atomic E-state index is 0.0397. The first kappa shape index (κ1) is 19.3. The molecule has 0 radical (unpaired) electrons. The molecule has 0 spiro atoms. The van der Waals surface area contributed by atoms with Gasteiger partial charge in [-0.05, 0) is 31.4 Å². The average Bonchev–Trinajstić information content (AvgIpc) is 3.09. The standard InChI is InChI=1S/C19H26FN3O4/c1-26-14-6-7-17(27-2)15(11-14)21-19(25)23-12-13(20)10-16(23)18(24)22-8-4-3-5-9-22/h6-7,11,13,16H,3-5,8-10,12H2,1-2H3,(H,21,25). The second-order valence-corrected chi connectivity index (χ2v) is 6.88. The maximum Gasteiger partial charge on any atom is 0.322 e. The predicted octanol–water partition coefficient (Wildman–Crippen LogP) is 2.66. The molecule has 3 amide bonds. The van der Waals surface area contributed by atoms with Crippen LogP contribution >= 0.6 is 0 Å². The van der Waals surface area contributed by atoms with Crippen molar-refractivity contribution in [2.24, 2.45) is 0 Å². The number of halogens is 1. The summed E-state index contributed by atoms with van der Waals surface area (Å²) in [6, 6.07) is 3.73. The van der Waals surface area contributed by atoms with Gasteiger partial charge in [0.05, 0.1) is 26.5 Å². The Morgan fingerprint density at radius 2 is 1.89 bits per heavy atom. The number of urea groups is 1. The number of anilines is 1. The molecule has 2 aliphatic rings. The molecule has 1 aromatic carbocycles. The lowest BCUT2D eigenvalue weighted by atomic mass is 10.1. The maximum atomic E-state index is 14.1. The van der Waals surface area contributed by atoms with Crippen LogP contribution in [0.5, 0.6) is 11.5 Å². The third-order valence-electron chi connectivity index (χ3n) is 5.11. The molecule has 0 aromatic heterocycles. The number of piperidine rings is 1. The van der Waals surface area contributed by atoms with E-state index in [4.69, 9.17) is 9.47 Å². The molecule has 2 saturated heterocycles. The summed E-state index contributed by atoms with van der Waals surface area (Å²) in [5.74, 6) is 0.846. The number of hydrogen-bond donors (Lipinski definition) is 1. The van der Waals surface area contributed by atoms with Crippen molar-refractivity contribution in [2.75, 3.05) is 39.2 Å². The number of nitrogens with zero attached hydrogens (tertiary/aromatic N) is 2. The highest BCUT2D eigenvalue weighted by atomic mass is 19.1. The summed E-state index contributed by atoms with van der Waals surface area (Å²) in [5, 5.41) is 2.73. The molecule has 8 heteroatoms. The number of rotatable bonds is 4. The summed E-state index contributed by atoms with van der Waals surface area (Å²) >= 11 is 0. The maximum absolute atomic E-state index is 14.1. The number of carbonyl (C=O) groups excluding carboxylic acids is 2. The van der Waals surface area contributed by atoms with Crippen molar-refractivity contribution in [3.05, 3.63) is 18.2 Å². The molecule has 2 heterocycles. The van der Waals surface area contributed by atoms with E-state index < -0.39 is 18.2 Å². The van der Waals surface area contributed by atoms with Crippen molar-refractivity contribution in [3.63, 3.8) is 0 Å². The first-order chi connectivity index (χ1) is 13.0. The van der Waals surface area contributed by atoms with E-state index in [1.807, 2.05) is 0 Å². The van der Waals surface area contributed by atoms with Crippen molar-refractivity contribution in [1.82, 2.24) is 9.80 Å². The van der Waals surface area contributed by atoms with Crippen LogP contribution in [0.2, 0.25) is 0 Å². The Bertz CT molecular complexity index is 694. The molecule has 2 atom stereocenters. The Labute approximate surface area is 158 Å². The largest absolute Gasteiger partial charge is 0.497 e. The fourth-order valence-corrected chi connectivity index (χ4v) is 3.67. The highest BCUT2D eigenvalue weighted by Crippen LogP contribution is 2.30. The molecule has 2 aliphatic heterocycles. The second-order valence-electron chi connectivity index (χ2n) is 6.88. The van der Waals surface area contributed by atoms with Gasteiger partial charge < -0.3 is 24.6 Å². The Morgan fingerprint density at radius 1 is 1.15 bits per heavy atom. The highest BCUT2D eigenvalue weighted by Gasteiger charge is 2.42. The normalized spacial score (nSPS) is 22.5. The van der Waals surface area contributed by atoms with Gasteiger partial charge in [-0.15, -0.1) is 0 Å². The zero-order valence-corrected chi connectivity index (χ0v) is 15.7. The molecular formula is C19H26FN3O4. The van der Waals surface area contributed by atoms with Gasteiger partial charge >= 0.3 is 6.03 Å². The summed E-state index contributed by atoms with van der Waals surface area (Å²) in [7, 11) is 3.02. The lowest BCUT2D eigenvalue weighted by Crippen LogP contribution is -2.50. The smallest absolute Gasteiger partial charge is 0.322 e. The molecule has 1 N–H and O–H groups in total. The van der Waals surface area contributed by atoms with Crippen LogP contribution in [-0.2, 0) is 4.79 Å². The highest BCUT2D eigenvalue weighted by molar-refractivity contribution is 5.95. The van der Waals surface area contributed by atoms with Crippen LogP contribution in [0, 0.1) is 0 Å². The number of benzene rings is 1. The van der Waals surface area contributed by atoms with Crippen LogP contribution in [0.1, 0.15) is 25.7 Å². The number of amides is 3. The van der Waals surface area contributed by atoms with Crippen molar-refractivity contribution in [3.8, 4) is 11.5 Å². The zero-order valence-electron chi connectivity index (χ0n) is 15.7. The Morgan fingerprint density at radius 3 is 2.56 bits per heavy atom. The van der Waals surface area contributed by atoms with Gasteiger partial charge in [0, 0.05) is 25.6 Å². The summed E-state index contributed by atoms with van der Waals surface area (Å²) < 4.78 is 24.5. The molecule has 7 nitrogen and oxygen atoms in total. The van der Waals surface area contributed by atoms with Gasteiger partial charge in [0.1, 0.15) is 23.7 Å². The summed E-state index contributed by atoms with van der Waals surface area (Å²) in [6.45, 7) is 1.25. The number of carbonyl (C=O) groups is 2. The number of nitrogens with one attached hydrogen (secondary N) is 1. The van der Waals surface area contributed by atoms with E-state index in [0.29, 0.717) is 30.3 Å². The van der Waals surface area contributed by atoms with Gasteiger partial charge in [0.2, 0.25) is 5.91 Å². The third-order valence-corrected chi connectivity index (χ3v) is 5.11. The molecule has 1 aromatic rings. The van der Waals surface area contributed by atoms with Crippen molar-refractivity contribution >= 4 is 17.6 Å². The SMILES string of the molecule is COc1ccc(OC)c(NC(=O)N2CC(F)CC2C(=O)N2CCCCC2)c1. The van der Waals surface area contributed by atoms with Crippen molar-refractivity contribution in [2.45, 2.75) is 37.9 Å². The molecule has 2 fully saturated rings. The van der Waals surface area contributed by atoms with Crippen LogP contribution in [0.15, 0.2) is 18.2 Å². The lowest BCUT2D eigenvalue weighted by Gasteiger charge is -2.32. The first-order valence-corrected chi connectivity index (χ1v) is 9.26. The average molecular weight is 379 g/mol. The van der Waals surface area contributed by atoms with E-state index >= 15 is 0 Å². The second kappa shape index (κ2) is 8.45. The number of ether oxygens (including phenoxy) is 2. The van der Waals surface area contributed by atoms with E-state index in [1.54, 1.807) is 23.1 Å². The number of methoxy groups -OCH3 is 2. The molecule has 0 saturated carbocycles. The number of likely N-dealkylation sites (tertiary alicyclic amines) is 2. The Kier molecular flexibility index (Phi) is 6.03. The van der Waals surface area contributed by atoms with Crippen LogP contribution < -0.4 is 14.8 Å². The molecule has 148 valence electrons. The fourth-order valence-electron chi connectivity index (χ4n) is 3.67. The van der Waals surface area contributed by atoms with Crippen LogP contribution in [0.25, 0.3) is 0 Å². The zero-order chi connectivity index (χ0) is 19.4. The van der Waals surface area contributed by atoms with E-state index in [0.717, 1.165) is 19.3 Å². The van der Waals surface area contributed by atoms with E-state index in [1.165, 1.54) is 19.1 Å². The van der Waals surface area contributed by atoms with Crippen molar-refractivity contribution in [1.29, 1.82) is 0 Å². The quantitative estimate of drug-likeness (QED) is 0.873. The predicted molar refractivity (Wildman–Crippen MR) is 99.0 cm³/mol. The van der Waals surface area contributed by atoms with Crippen molar-refractivity contribution < 1.29 is 23.5 Å². The molecule has 0 aliphatic carbocycles. The van der Waals surface area contributed by atoms with Gasteiger partial charge in [0.15, 0.2) is 0 Å². The van der Waals surface area contributed by atoms with Gasteiger partial charge in [-0.25, -0.2) is 9.18 Å². The summed E-state index contributed by atoms with van der Waals surface area (Å²) in [4.78, 5) is 28.7. The number of alkyl halides is 1. The fraction of sp³-hybridized carbons (Fsp3) is 0.579. The van der Waals surface area contributed by atoms with Gasteiger partial charge in [0.25, 0.3) is 0 Å². The van der Waals surface area contributed by atoms with E-state index in [9.17, 15) is 14.0 Å². The molecule has 27 heavy (non-hydrogen) atoms. The minimum Gasteiger partial charge on any atom is -0.497 e. The molecule has 3 rings (SSSR count). The molecular weight excluding hydrogens is 353 g/mol. The van der Waals surface area contributed by atoms with E-state index in [-0.39, 0.29) is 18.9 Å². The van der Waals surface area contributed by atoms with E-state index in [2.05, 4.69) is 5.32 Å². The van der Waals surface area contributed by atoms with Crippen LogP contribution in [0.3, 0.4) is 0 Å². The van der Waals surface area contributed by atoms with Gasteiger partial charge in [-0.3, -0.25) is 4.79 Å². The monoisotopic (exact) mass is 379 g/mol. The Balaban J connectivity index is 1.75. The third kappa shape index (κ3) is 4.26. The lowest BCUT2D eigenvalue weighted by molar-refractivity contribution is -0.136. The summed E-state index contributed by atoms with van der Waals surface area (Å²) in [6.07, 6.45) is 1.83. The molecule has 0 bridgehead atoms. The molecule has 2 unspecified atom stereocenters. The van der Waals surface area contributed by atoms with Gasteiger partial charge in [-0.1, -0.05) is 0 Å². The minimum atomic E-state index is -1.21. The summed E-state index contributed by atoms with van der Waals surface area (Å²) in [5.41, 5.74) is 0.410. The van der Waals surface area contributed by atoms with Crippen LogP contribution in [-0.4, -0.2) is 67.8 Å². The number of hydrogen-bond acceptors (Lipinski definition) is 4. The topological polar surface area (TPSA) is 71.1 Å². The van der Waals surface area contributed by atoms with Crippen LogP contribution in [0.4, 0.5) is 14.9 Å². The first-order valence-electron chi connectivity index (χ1n) is 9.26. The van der Waals surface area contributed by atoms with Gasteiger partial charge in [-0.2, -0.15) is 0 Å². The Hall–Kier alpha value is -2.51.